The van der Waals surface area contributed by atoms with Gasteiger partial charge in [0.2, 0.25) is 0 Å². The quantitative estimate of drug-likeness (QED) is 0.397. The van der Waals surface area contributed by atoms with Crippen molar-refractivity contribution < 1.29 is 8.42 Å². The first kappa shape index (κ1) is 7.74. The van der Waals surface area contributed by atoms with Gasteiger partial charge in [0.15, 0.2) is 0 Å². The molecule has 0 atom stereocenters. The van der Waals surface area contributed by atoms with E-state index < -0.39 is 15.9 Å². The highest BCUT2D eigenvalue weighted by Gasteiger charge is 1.80. The fourth-order valence-electron chi connectivity index (χ4n) is 0. The van der Waals surface area contributed by atoms with Gasteiger partial charge in [-0.05, 0) is 0 Å². The largest absolute Gasteiger partial charge is 0.250 e. The van der Waals surface area contributed by atoms with Crippen LogP contribution in [0, 0.1) is 0 Å². The van der Waals surface area contributed by atoms with Crippen LogP contribution >= 0.6 is 0 Å². The van der Waals surface area contributed by atoms with Crippen LogP contribution in [-0.2, 0) is 38.3 Å². The SMILES string of the molecule is CS(=O)(=O)[S-](=S)=S. The van der Waals surface area contributed by atoms with E-state index in [1.165, 1.54) is 0 Å². The average molecular weight is 175 g/mol. The van der Waals surface area contributed by atoms with Gasteiger partial charge < -0.3 is 0 Å². The van der Waals surface area contributed by atoms with Crippen molar-refractivity contribution in [3.05, 3.63) is 0 Å². The van der Waals surface area contributed by atoms with Crippen LogP contribution in [0.15, 0.2) is 0 Å². The predicted octanol–water partition coefficient (Wildman–Crippen LogP) is -0.512. The van der Waals surface area contributed by atoms with E-state index in [9.17, 15) is 8.42 Å². The first-order chi connectivity index (χ1) is 2.94. The Morgan fingerprint density at radius 3 is 1.57 bits per heavy atom. The van der Waals surface area contributed by atoms with Gasteiger partial charge in [0.25, 0.3) is 0 Å². The summed E-state index contributed by atoms with van der Waals surface area (Å²) in [7, 11) is -4.38. The lowest BCUT2D eigenvalue weighted by Gasteiger charge is -1.93. The molecule has 7 heavy (non-hydrogen) atoms. The zero-order valence-electron chi connectivity index (χ0n) is 3.45. The Labute approximate surface area is 53.1 Å². The molecule has 0 aromatic carbocycles. The van der Waals surface area contributed by atoms with Gasteiger partial charge in [-0.25, -0.2) is 37.8 Å². The van der Waals surface area contributed by atoms with E-state index in [1.54, 1.807) is 0 Å². The molecule has 0 spiro atoms. The van der Waals surface area contributed by atoms with E-state index in [1.807, 2.05) is 0 Å². The third kappa shape index (κ3) is 3.33. The summed E-state index contributed by atoms with van der Waals surface area (Å²) in [5.74, 6) is 0. The van der Waals surface area contributed by atoms with Gasteiger partial charge in [0.1, 0.15) is 0 Å². The summed E-state index contributed by atoms with van der Waals surface area (Å²) in [5.41, 5.74) is 0. The standard InChI is InChI=1S/CH3O2S4/c1-7(2,3)6(4)5/h1H3/q-1. The molecule has 0 aliphatic carbocycles. The molecule has 0 aliphatic rings. The zero-order chi connectivity index (χ0) is 6.08. The van der Waals surface area contributed by atoms with E-state index >= 15 is 0 Å². The van der Waals surface area contributed by atoms with Crippen LogP contribution in [0.1, 0.15) is 0 Å². The van der Waals surface area contributed by atoms with Crippen LogP contribution in [-0.4, -0.2) is 14.7 Å². The number of hydrogen-bond donors (Lipinski definition) is 0. The summed E-state index contributed by atoms with van der Waals surface area (Å²) < 4.78 is 20.3. The fourth-order valence-corrected chi connectivity index (χ4v) is 0. The molecule has 0 aromatic heterocycles. The topological polar surface area (TPSA) is 34.1 Å². The molecule has 0 unspecified atom stereocenters. The summed E-state index contributed by atoms with van der Waals surface area (Å²) in [5, 5.41) is 0. The molecule has 0 aromatic rings. The molecule has 0 fully saturated rings. The highest BCUT2D eigenvalue weighted by molar-refractivity contribution is 8.86. The second kappa shape index (κ2) is 2.34. The van der Waals surface area contributed by atoms with Crippen molar-refractivity contribution in [3.63, 3.8) is 0 Å². The lowest BCUT2D eigenvalue weighted by Crippen LogP contribution is -1.92. The molecule has 44 valence electrons. The third-order valence-corrected chi connectivity index (χ3v) is 6.67. The van der Waals surface area contributed by atoms with Gasteiger partial charge >= 0.3 is 0 Å². The van der Waals surface area contributed by atoms with Crippen molar-refractivity contribution in [1.29, 1.82) is 0 Å². The predicted molar refractivity (Wildman–Crippen MR) is 36.9 cm³/mol. The van der Waals surface area contributed by atoms with Crippen LogP contribution < -0.4 is 0 Å². The lowest BCUT2D eigenvalue weighted by molar-refractivity contribution is 0.616. The molecule has 0 saturated carbocycles. The minimum atomic E-state index is -3.08. The summed E-state index contributed by atoms with van der Waals surface area (Å²) in [6.07, 6.45) is 1.04. The van der Waals surface area contributed by atoms with Crippen molar-refractivity contribution in [3.8, 4) is 0 Å². The van der Waals surface area contributed by atoms with Crippen molar-refractivity contribution >= 4 is 38.3 Å². The molecule has 0 heterocycles. The van der Waals surface area contributed by atoms with Crippen LogP contribution in [0.25, 0.3) is 0 Å². The molecule has 0 aliphatic heterocycles. The molecule has 0 rings (SSSR count). The van der Waals surface area contributed by atoms with Gasteiger partial charge in [-0.15, -0.1) is 0 Å². The molecular formula is CH3O2S4-. The summed E-state index contributed by atoms with van der Waals surface area (Å²) in [4.78, 5) is 0. The number of hydrogen-bond acceptors (Lipinski definition) is 5. The van der Waals surface area contributed by atoms with Crippen molar-refractivity contribution in [1.82, 2.24) is 0 Å². The smallest absolute Gasteiger partial charge is 0.0874 e. The maximum atomic E-state index is 10.1. The maximum absolute atomic E-state index is 10.1. The third-order valence-electron chi connectivity index (χ3n) is 0.247. The van der Waals surface area contributed by atoms with Gasteiger partial charge in [-0.1, -0.05) is 0 Å². The molecule has 0 bridgehead atoms. The molecule has 0 amide bonds. The average Bonchev–Trinajstić information content (AvgIpc) is 1.31. The first-order valence-electron chi connectivity index (χ1n) is 1.24. The monoisotopic (exact) mass is 175 g/mol. The van der Waals surface area contributed by atoms with E-state index in [-0.39, 0.29) is 0 Å². The first-order valence-corrected chi connectivity index (χ1v) is 6.72. The van der Waals surface area contributed by atoms with Gasteiger partial charge in [-0.2, -0.15) is 0 Å². The van der Waals surface area contributed by atoms with E-state index in [0.29, 0.717) is 0 Å². The normalized spacial score (nSPS) is 12.3. The zero-order valence-corrected chi connectivity index (χ0v) is 6.72. The number of rotatable bonds is 1. The summed E-state index contributed by atoms with van der Waals surface area (Å²) in [6, 6.07) is 0. The van der Waals surface area contributed by atoms with E-state index in [4.69, 9.17) is 0 Å². The van der Waals surface area contributed by atoms with Crippen LogP contribution in [0.5, 0.6) is 0 Å². The second-order valence-corrected chi connectivity index (χ2v) is 9.44. The van der Waals surface area contributed by atoms with E-state index in [2.05, 4.69) is 22.4 Å². The molecule has 0 radical (unpaired) electrons. The summed E-state index contributed by atoms with van der Waals surface area (Å²) >= 11 is 8.54. The van der Waals surface area contributed by atoms with Crippen molar-refractivity contribution in [2.45, 2.75) is 0 Å². The lowest BCUT2D eigenvalue weighted by atomic mass is 12.0. The molecule has 6 heteroatoms. The van der Waals surface area contributed by atoms with Crippen molar-refractivity contribution in [2.75, 3.05) is 6.26 Å². The Kier molecular flexibility index (Phi) is 2.59. The van der Waals surface area contributed by atoms with Crippen LogP contribution in [0.4, 0.5) is 0 Å². The Balaban J connectivity index is 4.82. The van der Waals surface area contributed by atoms with Crippen molar-refractivity contribution in [2.24, 2.45) is 0 Å². The Bertz CT molecular complexity index is 198. The van der Waals surface area contributed by atoms with Gasteiger partial charge in [0.05, 0.1) is 8.87 Å². The Morgan fingerprint density at radius 2 is 1.57 bits per heavy atom. The van der Waals surface area contributed by atoms with Gasteiger partial charge in [0, 0.05) is 6.26 Å². The summed E-state index contributed by atoms with van der Waals surface area (Å²) in [6.45, 7) is 0. The highest BCUT2D eigenvalue weighted by Crippen LogP contribution is 1.79. The van der Waals surface area contributed by atoms with E-state index in [0.717, 1.165) is 6.26 Å². The minimum absolute atomic E-state index is 1.04. The minimum Gasteiger partial charge on any atom is -0.250 e. The fraction of sp³-hybridized carbons (Fsp3) is 1.00. The Hall–Kier alpha value is 0.740. The second-order valence-electron chi connectivity index (χ2n) is 0.908. The maximum Gasteiger partial charge on any atom is 0.0874 e. The van der Waals surface area contributed by atoms with Gasteiger partial charge in [-0.3, -0.25) is 0 Å². The molecule has 0 N–H and O–H groups in total. The van der Waals surface area contributed by atoms with Crippen LogP contribution in [0.3, 0.4) is 0 Å². The molecule has 2 nitrogen and oxygen atoms in total. The van der Waals surface area contributed by atoms with Crippen LogP contribution in [0.2, 0.25) is 0 Å². The molecular weight excluding hydrogens is 172 g/mol. The molecule has 0 saturated heterocycles. The highest BCUT2D eigenvalue weighted by atomic mass is 33.5. The Morgan fingerprint density at radius 1 is 1.43 bits per heavy atom.